The van der Waals surface area contributed by atoms with Gasteiger partial charge in [-0.05, 0) is 73.9 Å². The van der Waals surface area contributed by atoms with Gasteiger partial charge < -0.3 is 19.1 Å². The van der Waals surface area contributed by atoms with Gasteiger partial charge in [0, 0.05) is 23.5 Å². The number of carbonyl (C=O) groups is 1. The van der Waals surface area contributed by atoms with Crippen molar-refractivity contribution in [3.8, 4) is 28.6 Å². The number of halogens is 2. The second-order valence-corrected chi connectivity index (χ2v) is 11.3. The highest BCUT2D eigenvalue weighted by atomic mass is 35.5. The SMILES string of the molecule is O=C(O)c1ccc2c(c1)Oc1ccc(OCc3c(-c4c(Cl)cccc4Cl)noc3C3CC3)nc1[C@@H](C1CC1)C2. The van der Waals surface area contributed by atoms with Crippen LogP contribution in [-0.2, 0) is 13.0 Å². The minimum atomic E-state index is -0.983. The lowest BCUT2D eigenvalue weighted by atomic mass is 9.91. The molecule has 1 N–H and O–H groups in total. The van der Waals surface area contributed by atoms with Gasteiger partial charge in [0.2, 0.25) is 5.88 Å². The predicted octanol–water partition coefficient (Wildman–Crippen LogP) is 8.04. The first-order chi connectivity index (χ1) is 19.0. The van der Waals surface area contributed by atoms with Crippen molar-refractivity contribution in [1.82, 2.24) is 10.1 Å². The van der Waals surface area contributed by atoms with E-state index in [1.807, 2.05) is 12.1 Å². The highest BCUT2D eigenvalue weighted by Crippen LogP contribution is 2.50. The van der Waals surface area contributed by atoms with Crippen molar-refractivity contribution >= 4 is 29.2 Å². The molecule has 2 aromatic carbocycles. The van der Waals surface area contributed by atoms with E-state index in [1.165, 1.54) is 0 Å². The lowest BCUT2D eigenvalue weighted by Gasteiger charge is -2.16. The van der Waals surface area contributed by atoms with Crippen LogP contribution in [0, 0.1) is 5.92 Å². The van der Waals surface area contributed by atoms with Crippen LogP contribution in [0.3, 0.4) is 0 Å². The van der Waals surface area contributed by atoms with E-state index in [0.717, 1.165) is 54.7 Å². The smallest absolute Gasteiger partial charge is 0.335 e. The number of carboxylic acids is 1. The Kier molecular flexibility index (Phi) is 6.01. The molecule has 39 heavy (non-hydrogen) atoms. The number of pyridine rings is 1. The summed E-state index contributed by atoms with van der Waals surface area (Å²) in [6, 6.07) is 14.1. The van der Waals surface area contributed by atoms with Crippen molar-refractivity contribution < 1.29 is 23.9 Å². The van der Waals surface area contributed by atoms with Crippen molar-refractivity contribution in [1.29, 1.82) is 0 Å². The van der Waals surface area contributed by atoms with E-state index in [9.17, 15) is 9.90 Å². The molecule has 0 bridgehead atoms. The Morgan fingerprint density at radius 2 is 1.82 bits per heavy atom. The molecule has 0 unspecified atom stereocenters. The summed E-state index contributed by atoms with van der Waals surface area (Å²) in [5, 5.41) is 14.8. The van der Waals surface area contributed by atoms with E-state index in [4.69, 9.17) is 42.2 Å². The van der Waals surface area contributed by atoms with E-state index in [2.05, 4.69) is 5.16 Å². The molecule has 2 fully saturated rings. The van der Waals surface area contributed by atoms with Crippen LogP contribution in [-0.4, -0.2) is 21.2 Å². The number of hydrogen-bond donors (Lipinski definition) is 1. The zero-order valence-corrected chi connectivity index (χ0v) is 22.3. The first-order valence-electron chi connectivity index (χ1n) is 13.1. The first-order valence-corrected chi connectivity index (χ1v) is 13.8. The number of aromatic carboxylic acids is 1. The van der Waals surface area contributed by atoms with Crippen LogP contribution < -0.4 is 9.47 Å². The average molecular weight is 563 g/mol. The highest BCUT2D eigenvalue weighted by Gasteiger charge is 2.38. The van der Waals surface area contributed by atoms with Crippen LogP contribution >= 0.6 is 23.2 Å². The van der Waals surface area contributed by atoms with Gasteiger partial charge in [-0.1, -0.05) is 40.5 Å². The van der Waals surface area contributed by atoms with Gasteiger partial charge in [-0.3, -0.25) is 0 Å². The number of rotatable bonds is 7. The maximum atomic E-state index is 11.5. The third-order valence-corrected chi connectivity index (χ3v) is 8.34. The summed E-state index contributed by atoms with van der Waals surface area (Å²) >= 11 is 13.0. The molecular weight excluding hydrogens is 539 g/mol. The molecule has 0 saturated heterocycles. The summed E-state index contributed by atoms with van der Waals surface area (Å²) in [4.78, 5) is 16.4. The van der Waals surface area contributed by atoms with E-state index in [-0.39, 0.29) is 18.1 Å². The molecule has 3 heterocycles. The molecule has 0 amide bonds. The van der Waals surface area contributed by atoms with Gasteiger partial charge in [0.25, 0.3) is 0 Å². The fourth-order valence-corrected chi connectivity index (χ4v) is 5.94. The molecular formula is C30H24Cl2N2O5. The van der Waals surface area contributed by atoms with Crippen LogP contribution in [0.2, 0.25) is 10.0 Å². The van der Waals surface area contributed by atoms with E-state index < -0.39 is 5.97 Å². The Hall–Kier alpha value is -3.55. The van der Waals surface area contributed by atoms with E-state index in [0.29, 0.717) is 50.5 Å². The zero-order valence-electron chi connectivity index (χ0n) is 20.8. The van der Waals surface area contributed by atoms with E-state index in [1.54, 1.807) is 36.4 Å². The number of ether oxygens (including phenoxy) is 2. The van der Waals surface area contributed by atoms with Gasteiger partial charge in [-0.2, -0.15) is 0 Å². The van der Waals surface area contributed by atoms with Crippen LogP contribution in [0.5, 0.6) is 17.4 Å². The standard InChI is InChI=1S/C30H24Cl2N2O5/c31-21-2-1-3-22(32)26(21)28-20(29(39-34-28)16-6-7-16)14-37-25-11-10-23-27(33-25)19(15-4-5-15)12-17-8-9-18(30(35)36)13-24(17)38-23/h1-3,8-11,13,15-16,19H,4-7,12,14H2,(H,35,36)/t19-/m1/s1. The lowest BCUT2D eigenvalue weighted by molar-refractivity contribution is 0.0696. The number of benzene rings is 2. The Morgan fingerprint density at radius 1 is 1.03 bits per heavy atom. The molecule has 4 aromatic rings. The molecule has 2 saturated carbocycles. The quantitative estimate of drug-likeness (QED) is 0.243. The van der Waals surface area contributed by atoms with E-state index >= 15 is 0 Å². The van der Waals surface area contributed by atoms with Crippen LogP contribution in [0.4, 0.5) is 0 Å². The largest absolute Gasteiger partial charge is 0.478 e. The first kappa shape index (κ1) is 24.5. The van der Waals surface area contributed by atoms with Crippen molar-refractivity contribution in [2.75, 3.05) is 0 Å². The van der Waals surface area contributed by atoms with Crippen molar-refractivity contribution in [2.24, 2.45) is 5.92 Å². The van der Waals surface area contributed by atoms with Gasteiger partial charge in [-0.25, -0.2) is 9.78 Å². The molecule has 0 radical (unpaired) electrons. The third kappa shape index (κ3) is 4.64. The Balaban J connectivity index is 1.21. The predicted molar refractivity (Wildman–Crippen MR) is 145 cm³/mol. The fourth-order valence-electron chi connectivity index (χ4n) is 5.36. The topological polar surface area (TPSA) is 94.7 Å². The maximum absolute atomic E-state index is 11.5. The summed E-state index contributed by atoms with van der Waals surface area (Å²) in [5.41, 5.74) is 4.06. The van der Waals surface area contributed by atoms with Gasteiger partial charge in [0.1, 0.15) is 29.6 Å². The Bertz CT molecular complexity index is 1590. The fraction of sp³-hybridized carbons (Fsp3) is 0.300. The summed E-state index contributed by atoms with van der Waals surface area (Å²) in [5.74, 6) is 2.47. The number of aromatic nitrogens is 2. The summed E-state index contributed by atoms with van der Waals surface area (Å²) in [6.07, 6.45) is 5.08. The molecule has 198 valence electrons. The van der Waals surface area contributed by atoms with Crippen molar-refractivity contribution in [3.05, 3.63) is 86.7 Å². The number of carboxylic acid groups (broad SMARTS) is 1. The molecule has 2 aliphatic carbocycles. The zero-order chi connectivity index (χ0) is 26.7. The van der Waals surface area contributed by atoms with Gasteiger partial charge in [0.05, 0.1) is 26.9 Å². The molecule has 0 spiro atoms. The molecule has 2 aromatic heterocycles. The third-order valence-electron chi connectivity index (χ3n) is 7.71. The molecule has 7 rings (SSSR count). The van der Waals surface area contributed by atoms with Crippen LogP contribution in [0.15, 0.2) is 53.1 Å². The van der Waals surface area contributed by atoms with Gasteiger partial charge in [-0.15, -0.1) is 0 Å². The minimum Gasteiger partial charge on any atom is -0.478 e. The monoisotopic (exact) mass is 562 g/mol. The highest BCUT2D eigenvalue weighted by molar-refractivity contribution is 6.39. The minimum absolute atomic E-state index is 0.163. The van der Waals surface area contributed by atoms with Crippen molar-refractivity contribution in [2.45, 2.75) is 50.5 Å². The molecule has 7 nitrogen and oxygen atoms in total. The summed E-state index contributed by atoms with van der Waals surface area (Å²) in [6.45, 7) is 0.204. The maximum Gasteiger partial charge on any atom is 0.335 e. The van der Waals surface area contributed by atoms with Crippen LogP contribution in [0.25, 0.3) is 11.3 Å². The molecule has 9 heteroatoms. The second kappa shape index (κ2) is 9.57. The molecule has 3 aliphatic rings. The lowest BCUT2D eigenvalue weighted by Crippen LogP contribution is -2.08. The summed E-state index contributed by atoms with van der Waals surface area (Å²) < 4.78 is 18.3. The number of fused-ring (bicyclic) bond motifs is 2. The summed E-state index contributed by atoms with van der Waals surface area (Å²) in [7, 11) is 0. The van der Waals surface area contributed by atoms with Crippen molar-refractivity contribution in [3.63, 3.8) is 0 Å². The molecule has 1 aliphatic heterocycles. The number of hydrogen-bond acceptors (Lipinski definition) is 6. The average Bonchev–Trinajstić information content (AvgIpc) is 3.84. The van der Waals surface area contributed by atoms with Crippen LogP contribution in [0.1, 0.15) is 70.5 Å². The van der Waals surface area contributed by atoms with Gasteiger partial charge in [0.15, 0.2) is 0 Å². The second-order valence-electron chi connectivity index (χ2n) is 10.4. The Labute approximate surface area is 234 Å². The Morgan fingerprint density at radius 3 is 2.54 bits per heavy atom. The van der Waals surface area contributed by atoms with Gasteiger partial charge >= 0.3 is 5.97 Å². The normalized spacial score (nSPS) is 18.1. The number of nitrogens with zero attached hydrogens (tertiary/aromatic N) is 2. The molecule has 1 atom stereocenters.